The van der Waals surface area contributed by atoms with E-state index in [-0.39, 0.29) is 6.61 Å². The first-order valence-electron chi connectivity index (χ1n) is 4.04. The van der Waals surface area contributed by atoms with E-state index in [0.717, 1.165) is 6.42 Å². The zero-order chi connectivity index (χ0) is 9.56. The molecule has 0 radical (unpaired) electrons. The molecule has 0 N–H and O–H groups in total. The quantitative estimate of drug-likeness (QED) is 0.472. The van der Waals surface area contributed by atoms with E-state index in [1.165, 1.54) is 6.92 Å². The molecule has 0 aliphatic carbocycles. The molecule has 0 aromatic heterocycles. The maximum Gasteiger partial charge on any atom is 0.333 e. The van der Waals surface area contributed by atoms with Gasteiger partial charge in [-0.1, -0.05) is 19.9 Å². The highest BCUT2D eigenvalue weighted by Crippen LogP contribution is 2.03. The van der Waals surface area contributed by atoms with E-state index in [9.17, 15) is 9.18 Å². The van der Waals surface area contributed by atoms with Gasteiger partial charge >= 0.3 is 5.97 Å². The van der Waals surface area contributed by atoms with E-state index in [2.05, 4.69) is 11.3 Å². The Morgan fingerprint density at radius 2 is 2.25 bits per heavy atom. The van der Waals surface area contributed by atoms with Gasteiger partial charge in [0, 0.05) is 5.57 Å². The van der Waals surface area contributed by atoms with E-state index in [4.69, 9.17) is 0 Å². The molecule has 0 bridgehead atoms. The number of ether oxygens (including phenoxy) is 1. The van der Waals surface area contributed by atoms with Crippen molar-refractivity contribution in [3.8, 4) is 0 Å². The second-order valence-corrected chi connectivity index (χ2v) is 2.76. The summed E-state index contributed by atoms with van der Waals surface area (Å²) < 4.78 is 17.3. The summed E-state index contributed by atoms with van der Waals surface area (Å²) in [7, 11) is 0. The fraction of sp³-hybridized carbons (Fsp3) is 0.667. The van der Waals surface area contributed by atoms with Gasteiger partial charge in [-0.25, -0.2) is 9.18 Å². The molecule has 0 amide bonds. The average Bonchev–Trinajstić information content (AvgIpc) is 2.00. The Balaban J connectivity index is 3.54. The van der Waals surface area contributed by atoms with Gasteiger partial charge in [-0.15, -0.1) is 0 Å². The van der Waals surface area contributed by atoms with Gasteiger partial charge in [0.25, 0.3) is 0 Å². The lowest BCUT2D eigenvalue weighted by Gasteiger charge is -2.07. The maximum atomic E-state index is 12.7. The number of hydrogen-bond acceptors (Lipinski definition) is 2. The molecule has 0 aromatic rings. The molecule has 0 aliphatic heterocycles. The van der Waals surface area contributed by atoms with E-state index < -0.39 is 12.1 Å². The second-order valence-electron chi connectivity index (χ2n) is 2.76. The third-order valence-corrected chi connectivity index (χ3v) is 1.35. The third kappa shape index (κ3) is 4.88. The Hall–Kier alpha value is -0.860. The minimum Gasteiger partial charge on any atom is -0.459 e. The van der Waals surface area contributed by atoms with Crippen LogP contribution in [0, 0.1) is 0 Å². The third-order valence-electron chi connectivity index (χ3n) is 1.35. The maximum absolute atomic E-state index is 12.7. The highest BCUT2D eigenvalue weighted by Gasteiger charge is 2.09. The predicted molar refractivity (Wildman–Crippen MR) is 45.6 cm³/mol. The summed E-state index contributed by atoms with van der Waals surface area (Å²) in [6, 6.07) is 0. The first-order chi connectivity index (χ1) is 5.57. The van der Waals surface area contributed by atoms with Gasteiger partial charge in [-0.2, -0.15) is 0 Å². The van der Waals surface area contributed by atoms with E-state index in [1.807, 2.05) is 6.92 Å². The van der Waals surface area contributed by atoms with E-state index in [0.29, 0.717) is 12.0 Å². The predicted octanol–water partition coefficient (Wildman–Crippen LogP) is 2.24. The van der Waals surface area contributed by atoms with Crippen molar-refractivity contribution in [2.75, 3.05) is 6.61 Å². The fourth-order valence-electron chi connectivity index (χ4n) is 0.686. The normalized spacial score (nSPS) is 12.2. The summed E-state index contributed by atoms with van der Waals surface area (Å²) in [5.41, 5.74) is 0.304. The van der Waals surface area contributed by atoms with Crippen LogP contribution >= 0.6 is 0 Å². The zero-order valence-corrected chi connectivity index (χ0v) is 7.60. The monoisotopic (exact) mass is 174 g/mol. The molecular weight excluding hydrogens is 159 g/mol. The van der Waals surface area contributed by atoms with Crippen molar-refractivity contribution >= 4 is 5.97 Å². The van der Waals surface area contributed by atoms with E-state index in [1.54, 1.807) is 0 Å². The minimum absolute atomic E-state index is 0.153. The van der Waals surface area contributed by atoms with Crippen molar-refractivity contribution in [3.05, 3.63) is 12.2 Å². The van der Waals surface area contributed by atoms with Crippen LogP contribution in [0.3, 0.4) is 0 Å². The van der Waals surface area contributed by atoms with Gasteiger partial charge in [0.15, 0.2) is 0 Å². The first kappa shape index (κ1) is 11.1. The van der Waals surface area contributed by atoms with Crippen LogP contribution in [0.5, 0.6) is 0 Å². The summed E-state index contributed by atoms with van der Waals surface area (Å²) in [4.78, 5) is 10.8. The number of alkyl halides is 1. The molecular formula is C9H15FO2. The first-order valence-corrected chi connectivity index (χ1v) is 4.04. The second kappa shape index (κ2) is 5.75. The van der Waals surface area contributed by atoms with Gasteiger partial charge in [0.2, 0.25) is 0 Å². The van der Waals surface area contributed by atoms with E-state index >= 15 is 0 Å². The summed E-state index contributed by atoms with van der Waals surface area (Å²) in [6.07, 6.45) is 0.147. The van der Waals surface area contributed by atoms with Gasteiger partial charge in [0.1, 0.15) is 12.8 Å². The van der Waals surface area contributed by atoms with Crippen molar-refractivity contribution < 1.29 is 13.9 Å². The van der Waals surface area contributed by atoms with Gasteiger partial charge in [-0.3, -0.25) is 0 Å². The van der Waals surface area contributed by atoms with Crippen molar-refractivity contribution in [2.24, 2.45) is 0 Å². The smallest absolute Gasteiger partial charge is 0.333 e. The molecule has 0 fully saturated rings. The van der Waals surface area contributed by atoms with Gasteiger partial charge in [-0.05, 0) is 13.3 Å². The zero-order valence-electron chi connectivity index (χ0n) is 7.60. The minimum atomic E-state index is -1.04. The Morgan fingerprint density at radius 1 is 1.67 bits per heavy atom. The van der Waals surface area contributed by atoms with Crippen LogP contribution < -0.4 is 0 Å². The van der Waals surface area contributed by atoms with Crippen molar-refractivity contribution in [1.82, 2.24) is 0 Å². The van der Waals surface area contributed by atoms with Crippen LogP contribution in [0.2, 0.25) is 0 Å². The molecule has 0 saturated heterocycles. The Bertz CT molecular complexity index is 166. The van der Waals surface area contributed by atoms with Gasteiger partial charge < -0.3 is 4.74 Å². The van der Waals surface area contributed by atoms with Crippen LogP contribution in [0.4, 0.5) is 4.39 Å². The number of carbonyl (C=O) groups excluding carboxylic acids is 1. The van der Waals surface area contributed by atoms with Crippen molar-refractivity contribution in [2.45, 2.75) is 32.9 Å². The molecule has 0 heterocycles. The molecule has 0 rings (SSSR count). The lowest BCUT2D eigenvalue weighted by Crippen LogP contribution is -2.14. The van der Waals surface area contributed by atoms with Crippen LogP contribution in [-0.4, -0.2) is 18.7 Å². The van der Waals surface area contributed by atoms with Crippen LogP contribution in [0.15, 0.2) is 12.2 Å². The lowest BCUT2D eigenvalue weighted by molar-refractivity contribution is -0.140. The fourth-order valence-corrected chi connectivity index (χ4v) is 0.686. The molecule has 12 heavy (non-hydrogen) atoms. The molecule has 2 nitrogen and oxygen atoms in total. The molecule has 70 valence electrons. The van der Waals surface area contributed by atoms with Crippen LogP contribution in [-0.2, 0) is 9.53 Å². The largest absolute Gasteiger partial charge is 0.459 e. The molecule has 0 saturated carbocycles. The topological polar surface area (TPSA) is 26.3 Å². The number of carbonyl (C=O) groups is 1. The Morgan fingerprint density at radius 3 is 2.67 bits per heavy atom. The number of esters is 1. The molecule has 1 atom stereocenters. The van der Waals surface area contributed by atoms with Crippen LogP contribution in [0.1, 0.15) is 26.7 Å². The molecule has 1 unspecified atom stereocenters. The van der Waals surface area contributed by atoms with Crippen LogP contribution in [0.25, 0.3) is 0 Å². The molecule has 0 spiro atoms. The number of halogens is 1. The average molecular weight is 174 g/mol. The molecule has 0 aliphatic rings. The van der Waals surface area contributed by atoms with Crippen molar-refractivity contribution in [1.29, 1.82) is 0 Å². The molecule has 0 aromatic carbocycles. The SMILES string of the molecule is C=C(C)C(=O)OCC(F)CCC. The molecule has 3 heteroatoms. The van der Waals surface area contributed by atoms with Gasteiger partial charge in [0.05, 0.1) is 0 Å². The highest BCUT2D eigenvalue weighted by molar-refractivity contribution is 5.86. The number of rotatable bonds is 5. The summed E-state index contributed by atoms with van der Waals surface area (Å²) in [5, 5.41) is 0. The Labute approximate surface area is 72.4 Å². The summed E-state index contributed by atoms with van der Waals surface area (Å²) in [6.45, 7) is 6.65. The summed E-state index contributed by atoms with van der Waals surface area (Å²) >= 11 is 0. The lowest BCUT2D eigenvalue weighted by atomic mass is 10.2. The standard InChI is InChI=1S/C9H15FO2/c1-4-5-8(10)6-12-9(11)7(2)3/h8H,2,4-6H2,1,3H3. The highest BCUT2D eigenvalue weighted by atomic mass is 19.1. The summed E-state index contributed by atoms with van der Waals surface area (Å²) in [5.74, 6) is -0.520. The number of hydrogen-bond donors (Lipinski definition) is 0. The van der Waals surface area contributed by atoms with Crippen molar-refractivity contribution in [3.63, 3.8) is 0 Å². The Kier molecular flexibility index (Phi) is 5.34.